The summed E-state index contributed by atoms with van der Waals surface area (Å²) in [6, 6.07) is 11.4. The third-order valence-corrected chi connectivity index (χ3v) is 4.87. The Morgan fingerprint density at radius 3 is 2.58 bits per heavy atom. The molecule has 2 aromatic carbocycles. The molecule has 1 atom stereocenters. The van der Waals surface area contributed by atoms with E-state index in [9.17, 15) is 22.8 Å². The van der Waals surface area contributed by atoms with Gasteiger partial charge in [-0.15, -0.1) is 18.3 Å². The van der Waals surface area contributed by atoms with Gasteiger partial charge in [-0.25, -0.2) is 0 Å². The summed E-state index contributed by atoms with van der Waals surface area (Å²) in [6.07, 6.45) is -4.74. The van der Waals surface area contributed by atoms with E-state index in [0.29, 0.717) is 11.4 Å². The molecule has 0 spiro atoms. The quantitative estimate of drug-likeness (QED) is 0.595. The second-order valence-electron chi connectivity index (χ2n) is 7.05. The van der Waals surface area contributed by atoms with Gasteiger partial charge in [0.25, 0.3) is 5.91 Å². The van der Waals surface area contributed by atoms with Crippen LogP contribution in [0.5, 0.6) is 11.5 Å². The fourth-order valence-electron chi connectivity index (χ4n) is 3.40. The zero-order chi connectivity index (χ0) is 23.6. The van der Waals surface area contributed by atoms with Crippen molar-refractivity contribution < 1.29 is 36.7 Å². The first-order valence-electron chi connectivity index (χ1n) is 9.67. The van der Waals surface area contributed by atoms with Gasteiger partial charge in [0.2, 0.25) is 11.8 Å². The summed E-state index contributed by atoms with van der Waals surface area (Å²) in [4.78, 5) is 26.3. The van der Waals surface area contributed by atoms with Gasteiger partial charge in [-0.2, -0.15) is 0 Å². The van der Waals surface area contributed by atoms with Crippen molar-refractivity contribution in [3.63, 3.8) is 0 Å². The highest BCUT2D eigenvalue weighted by Crippen LogP contribution is 2.33. The number of rotatable bonds is 6. The molecule has 1 aliphatic heterocycles. The summed E-state index contributed by atoms with van der Waals surface area (Å²) in [5.41, 5.74) is 0.682. The number of carbonyl (C=O) groups is 2. The number of hydrogen-bond donors (Lipinski definition) is 1. The van der Waals surface area contributed by atoms with Crippen LogP contribution in [-0.2, 0) is 4.79 Å². The molecule has 3 aromatic rings. The van der Waals surface area contributed by atoms with Crippen LogP contribution in [0.4, 0.5) is 24.9 Å². The maximum atomic E-state index is 12.5. The minimum atomic E-state index is -4.80. The number of hydrogen-bond acceptors (Lipinski definition) is 7. The number of alkyl halides is 3. The molecule has 1 aliphatic rings. The van der Waals surface area contributed by atoms with Gasteiger partial charge in [0.1, 0.15) is 11.5 Å². The first-order valence-corrected chi connectivity index (χ1v) is 9.67. The van der Waals surface area contributed by atoms with Gasteiger partial charge in [-0.05, 0) is 36.4 Å². The molecule has 2 heterocycles. The SMILES string of the molecule is COc1ccccc1C(=O)Nc1nnc(C2CC(=O)N(c3ccc(OC(F)(F)F)cc3)C2)o1. The number of carbonyl (C=O) groups excluding carboxylic acids is 2. The zero-order valence-electron chi connectivity index (χ0n) is 17.1. The van der Waals surface area contributed by atoms with Crippen LogP contribution in [0.25, 0.3) is 0 Å². The molecular formula is C21H17F3N4O5. The predicted molar refractivity (Wildman–Crippen MR) is 108 cm³/mol. The minimum absolute atomic E-state index is 0.0584. The van der Waals surface area contributed by atoms with E-state index >= 15 is 0 Å². The van der Waals surface area contributed by atoms with Crippen LogP contribution >= 0.6 is 0 Å². The van der Waals surface area contributed by atoms with Crippen LogP contribution in [-0.4, -0.2) is 42.0 Å². The molecule has 1 aromatic heterocycles. The van der Waals surface area contributed by atoms with Crippen LogP contribution in [0, 0.1) is 0 Å². The van der Waals surface area contributed by atoms with E-state index < -0.39 is 18.2 Å². The minimum Gasteiger partial charge on any atom is -0.496 e. The topological polar surface area (TPSA) is 107 Å². The number of nitrogens with zero attached hydrogens (tertiary/aromatic N) is 3. The van der Waals surface area contributed by atoms with Crippen molar-refractivity contribution in [1.82, 2.24) is 10.2 Å². The number of benzene rings is 2. The molecule has 1 fully saturated rings. The van der Waals surface area contributed by atoms with E-state index in [1.807, 2.05) is 0 Å². The number of anilines is 2. The molecule has 12 heteroatoms. The van der Waals surface area contributed by atoms with Gasteiger partial charge < -0.3 is 18.8 Å². The van der Waals surface area contributed by atoms with Crippen molar-refractivity contribution in [3.05, 3.63) is 60.0 Å². The van der Waals surface area contributed by atoms with Crippen molar-refractivity contribution in [1.29, 1.82) is 0 Å². The molecule has 4 rings (SSSR count). The van der Waals surface area contributed by atoms with Gasteiger partial charge in [0, 0.05) is 18.7 Å². The molecule has 33 heavy (non-hydrogen) atoms. The molecular weight excluding hydrogens is 445 g/mol. The average Bonchev–Trinajstić information content (AvgIpc) is 3.39. The van der Waals surface area contributed by atoms with Crippen molar-refractivity contribution in [3.8, 4) is 11.5 Å². The summed E-state index contributed by atoms with van der Waals surface area (Å²) in [5, 5.41) is 10.2. The molecule has 2 amide bonds. The fourth-order valence-corrected chi connectivity index (χ4v) is 3.40. The Morgan fingerprint density at radius 1 is 1.15 bits per heavy atom. The van der Waals surface area contributed by atoms with Crippen LogP contribution in [0.1, 0.15) is 28.6 Å². The number of nitrogens with one attached hydrogen (secondary N) is 1. The third kappa shape index (κ3) is 5.05. The molecule has 0 radical (unpaired) electrons. The van der Waals surface area contributed by atoms with Gasteiger partial charge in [-0.3, -0.25) is 14.9 Å². The second-order valence-corrected chi connectivity index (χ2v) is 7.05. The van der Waals surface area contributed by atoms with E-state index in [2.05, 4.69) is 20.3 Å². The molecule has 9 nitrogen and oxygen atoms in total. The predicted octanol–water partition coefficient (Wildman–Crippen LogP) is 3.75. The molecule has 1 N–H and O–H groups in total. The summed E-state index contributed by atoms with van der Waals surface area (Å²) in [6.45, 7) is 0.181. The molecule has 1 saturated heterocycles. The van der Waals surface area contributed by atoms with E-state index in [1.54, 1.807) is 24.3 Å². The maximum Gasteiger partial charge on any atom is 0.573 e. The summed E-state index contributed by atoms with van der Waals surface area (Å²) >= 11 is 0. The Balaban J connectivity index is 1.42. The van der Waals surface area contributed by atoms with E-state index in [-0.39, 0.29) is 42.1 Å². The first-order chi connectivity index (χ1) is 15.7. The highest BCUT2D eigenvalue weighted by atomic mass is 19.4. The van der Waals surface area contributed by atoms with Crippen molar-refractivity contribution in [2.45, 2.75) is 18.7 Å². The highest BCUT2D eigenvalue weighted by molar-refractivity contribution is 6.05. The molecule has 1 unspecified atom stereocenters. The van der Waals surface area contributed by atoms with Crippen molar-refractivity contribution in [2.24, 2.45) is 0 Å². The van der Waals surface area contributed by atoms with Crippen molar-refractivity contribution in [2.75, 3.05) is 23.9 Å². The van der Waals surface area contributed by atoms with Gasteiger partial charge >= 0.3 is 12.4 Å². The monoisotopic (exact) mass is 462 g/mol. The Kier molecular flexibility index (Phi) is 5.90. The Morgan fingerprint density at radius 2 is 1.88 bits per heavy atom. The zero-order valence-corrected chi connectivity index (χ0v) is 17.1. The number of halogens is 3. The standard InChI is InChI=1S/C21H17F3N4O5/c1-31-16-5-3-2-4-15(16)18(30)25-20-27-26-19(32-20)12-10-17(29)28(11-12)13-6-8-14(9-7-13)33-21(22,23)24/h2-9,12H,10-11H2,1H3,(H,25,27,30). The smallest absolute Gasteiger partial charge is 0.496 e. The Bertz CT molecular complexity index is 1160. The Labute approximate surface area is 185 Å². The molecule has 0 saturated carbocycles. The molecule has 0 bridgehead atoms. The van der Waals surface area contributed by atoms with Crippen LogP contribution in [0.3, 0.4) is 0 Å². The number of methoxy groups -OCH3 is 1. The van der Waals surface area contributed by atoms with Crippen LogP contribution < -0.4 is 19.7 Å². The lowest BCUT2D eigenvalue weighted by molar-refractivity contribution is -0.274. The maximum absolute atomic E-state index is 12.5. The fraction of sp³-hybridized carbons (Fsp3) is 0.238. The summed E-state index contributed by atoms with van der Waals surface area (Å²) in [5.74, 6) is -1.08. The van der Waals surface area contributed by atoms with E-state index in [1.165, 1.54) is 24.1 Å². The van der Waals surface area contributed by atoms with Crippen LogP contribution in [0.2, 0.25) is 0 Å². The molecule has 172 valence electrons. The van der Waals surface area contributed by atoms with Gasteiger partial charge in [-0.1, -0.05) is 17.2 Å². The lowest BCUT2D eigenvalue weighted by Crippen LogP contribution is -2.24. The lowest BCUT2D eigenvalue weighted by Gasteiger charge is -2.17. The summed E-state index contributed by atoms with van der Waals surface area (Å²) in [7, 11) is 1.44. The largest absolute Gasteiger partial charge is 0.573 e. The second kappa shape index (κ2) is 8.81. The lowest BCUT2D eigenvalue weighted by atomic mass is 10.1. The van der Waals surface area contributed by atoms with E-state index in [0.717, 1.165) is 12.1 Å². The Hall–Kier alpha value is -4.09. The highest BCUT2D eigenvalue weighted by Gasteiger charge is 2.36. The van der Waals surface area contributed by atoms with E-state index in [4.69, 9.17) is 9.15 Å². The molecule has 0 aliphatic carbocycles. The van der Waals surface area contributed by atoms with Gasteiger partial charge in [0.05, 0.1) is 18.6 Å². The normalized spacial score (nSPS) is 16.1. The number of ether oxygens (including phenoxy) is 2. The average molecular weight is 462 g/mol. The van der Waals surface area contributed by atoms with Crippen molar-refractivity contribution >= 4 is 23.5 Å². The first kappa shape index (κ1) is 22.1. The van der Waals surface area contributed by atoms with Crippen LogP contribution in [0.15, 0.2) is 52.9 Å². The third-order valence-electron chi connectivity index (χ3n) is 4.87. The number of aromatic nitrogens is 2. The summed E-state index contributed by atoms with van der Waals surface area (Å²) < 4.78 is 51.5. The number of para-hydroxylation sites is 1. The van der Waals surface area contributed by atoms with Gasteiger partial charge in [0.15, 0.2) is 0 Å². The number of amides is 2.